The Morgan fingerprint density at radius 2 is 2.43 bits per heavy atom. The third kappa shape index (κ3) is 2.39. The van der Waals surface area contributed by atoms with E-state index >= 15 is 0 Å². The topological polar surface area (TPSA) is 56.0 Å². The van der Waals surface area contributed by atoms with E-state index in [1.54, 1.807) is 6.20 Å². The number of thiazole rings is 1. The number of hydrogen-bond donors (Lipinski definition) is 1. The van der Waals surface area contributed by atoms with Crippen molar-refractivity contribution in [2.75, 3.05) is 6.54 Å². The molecule has 0 bridgehead atoms. The molecule has 0 saturated heterocycles. The smallest absolute Gasteiger partial charge is 0.146 e. The van der Waals surface area contributed by atoms with Gasteiger partial charge in [0.2, 0.25) is 0 Å². The maximum Gasteiger partial charge on any atom is 0.146 e. The highest BCUT2D eigenvalue weighted by Crippen LogP contribution is 2.23. The van der Waals surface area contributed by atoms with Crippen molar-refractivity contribution in [1.82, 2.24) is 4.98 Å². The predicted octanol–water partition coefficient (Wildman–Crippen LogP) is 1.63. The van der Waals surface area contributed by atoms with E-state index in [4.69, 9.17) is 5.73 Å². The van der Waals surface area contributed by atoms with Crippen molar-refractivity contribution in [2.45, 2.75) is 26.7 Å². The number of ketones is 1. The standard InChI is InChI=1S/C10H16N2OS/c1-3-10(2,7-11)8(13)6-9-12-4-5-14-9/h4-5H,3,6-7,11H2,1-2H3. The lowest BCUT2D eigenvalue weighted by Gasteiger charge is -2.23. The normalized spacial score (nSPS) is 15.1. The van der Waals surface area contributed by atoms with Crippen molar-refractivity contribution in [3.8, 4) is 0 Å². The van der Waals surface area contributed by atoms with E-state index in [0.717, 1.165) is 11.4 Å². The maximum atomic E-state index is 11.9. The Kier molecular flexibility index (Phi) is 3.77. The summed E-state index contributed by atoms with van der Waals surface area (Å²) in [6.45, 7) is 4.32. The number of carbonyl (C=O) groups is 1. The molecule has 1 aromatic heterocycles. The summed E-state index contributed by atoms with van der Waals surface area (Å²) >= 11 is 1.52. The van der Waals surface area contributed by atoms with E-state index in [0.29, 0.717) is 13.0 Å². The molecule has 1 atom stereocenters. The van der Waals surface area contributed by atoms with Gasteiger partial charge in [-0.25, -0.2) is 4.98 Å². The zero-order valence-electron chi connectivity index (χ0n) is 8.62. The van der Waals surface area contributed by atoms with Crippen LogP contribution in [0.5, 0.6) is 0 Å². The highest BCUT2D eigenvalue weighted by molar-refractivity contribution is 7.09. The van der Waals surface area contributed by atoms with Crippen molar-refractivity contribution in [3.63, 3.8) is 0 Å². The molecular weight excluding hydrogens is 196 g/mol. The number of nitrogens with two attached hydrogens (primary N) is 1. The molecule has 14 heavy (non-hydrogen) atoms. The Morgan fingerprint density at radius 1 is 1.71 bits per heavy atom. The predicted molar refractivity (Wildman–Crippen MR) is 58.3 cm³/mol. The molecular formula is C10H16N2OS. The Bertz CT molecular complexity index is 291. The van der Waals surface area contributed by atoms with Gasteiger partial charge in [-0.2, -0.15) is 0 Å². The molecule has 0 radical (unpaired) electrons. The second-order valence-corrected chi connectivity index (χ2v) is 4.62. The average molecular weight is 212 g/mol. The van der Waals surface area contributed by atoms with Crippen molar-refractivity contribution in [3.05, 3.63) is 16.6 Å². The van der Waals surface area contributed by atoms with Gasteiger partial charge < -0.3 is 5.73 Å². The zero-order chi connectivity index (χ0) is 10.6. The van der Waals surface area contributed by atoms with Gasteiger partial charge in [0.1, 0.15) is 5.78 Å². The van der Waals surface area contributed by atoms with Crippen LogP contribution in [0.3, 0.4) is 0 Å². The van der Waals surface area contributed by atoms with Gasteiger partial charge in [0.15, 0.2) is 0 Å². The van der Waals surface area contributed by atoms with Crippen LogP contribution in [0.1, 0.15) is 25.3 Å². The fraction of sp³-hybridized carbons (Fsp3) is 0.600. The van der Waals surface area contributed by atoms with Gasteiger partial charge >= 0.3 is 0 Å². The van der Waals surface area contributed by atoms with Crippen molar-refractivity contribution in [1.29, 1.82) is 0 Å². The van der Waals surface area contributed by atoms with E-state index < -0.39 is 0 Å². The molecule has 1 rings (SSSR count). The summed E-state index contributed by atoms with van der Waals surface area (Å²) in [4.78, 5) is 16.0. The Labute approximate surface area is 88.3 Å². The molecule has 1 unspecified atom stereocenters. The molecule has 0 aliphatic rings. The van der Waals surface area contributed by atoms with Gasteiger partial charge in [0.05, 0.1) is 11.4 Å². The summed E-state index contributed by atoms with van der Waals surface area (Å²) in [5.41, 5.74) is 5.23. The van der Waals surface area contributed by atoms with E-state index in [2.05, 4.69) is 4.98 Å². The molecule has 4 heteroatoms. The van der Waals surface area contributed by atoms with Crippen LogP contribution in [0.4, 0.5) is 0 Å². The first-order valence-corrected chi connectivity index (χ1v) is 5.62. The first-order chi connectivity index (χ1) is 6.62. The molecule has 2 N–H and O–H groups in total. The highest BCUT2D eigenvalue weighted by Gasteiger charge is 2.29. The molecule has 78 valence electrons. The Hall–Kier alpha value is -0.740. The van der Waals surface area contributed by atoms with Gasteiger partial charge in [0, 0.05) is 23.5 Å². The molecule has 3 nitrogen and oxygen atoms in total. The van der Waals surface area contributed by atoms with Gasteiger partial charge in [-0.1, -0.05) is 13.8 Å². The lowest BCUT2D eigenvalue weighted by Crippen LogP contribution is -2.36. The third-order valence-electron chi connectivity index (χ3n) is 2.70. The molecule has 0 saturated carbocycles. The summed E-state index contributed by atoms with van der Waals surface area (Å²) in [5, 5.41) is 2.76. The van der Waals surface area contributed by atoms with Crippen molar-refractivity contribution >= 4 is 17.1 Å². The summed E-state index contributed by atoms with van der Waals surface area (Å²) < 4.78 is 0. The lowest BCUT2D eigenvalue weighted by atomic mass is 9.82. The molecule has 0 spiro atoms. The molecule has 0 fully saturated rings. The van der Waals surface area contributed by atoms with Crippen molar-refractivity contribution < 1.29 is 4.79 Å². The van der Waals surface area contributed by atoms with Gasteiger partial charge in [-0.05, 0) is 6.42 Å². The maximum absolute atomic E-state index is 11.9. The largest absolute Gasteiger partial charge is 0.329 e. The van der Waals surface area contributed by atoms with Gasteiger partial charge in [-0.3, -0.25) is 4.79 Å². The number of hydrogen-bond acceptors (Lipinski definition) is 4. The van der Waals surface area contributed by atoms with E-state index in [1.807, 2.05) is 19.2 Å². The summed E-state index contributed by atoms with van der Waals surface area (Å²) in [5.74, 6) is 0.192. The first kappa shape index (κ1) is 11.3. The fourth-order valence-electron chi connectivity index (χ4n) is 1.15. The Balaban J connectivity index is 2.66. The molecule has 0 aliphatic heterocycles. The van der Waals surface area contributed by atoms with Crippen LogP contribution < -0.4 is 5.73 Å². The van der Waals surface area contributed by atoms with Crippen LogP contribution in [0.15, 0.2) is 11.6 Å². The lowest BCUT2D eigenvalue weighted by molar-refractivity contribution is -0.126. The van der Waals surface area contributed by atoms with Crippen LogP contribution in [-0.2, 0) is 11.2 Å². The van der Waals surface area contributed by atoms with Crippen LogP contribution >= 0.6 is 11.3 Å². The van der Waals surface area contributed by atoms with Crippen LogP contribution in [0.2, 0.25) is 0 Å². The quantitative estimate of drug-likeness (QED) is 0.807. The van der Waals surface area contributed by atoms with Crippen LogP contribution in [0.25, 0.3) is 0 Å². The SMILES string of the molecule is CCC(C)(CN)C(=O)Cc1nccs1. The Morgan fingerprint density at radius 3 is 2.86 bits per heavy atom. The van der Waals surface area contributed by atoms with E-state index in [1.165, 1.54) is 11.3 Å². The minimum atomic E-state index is -0.383. The van der Waals surface area contributed by atoms with Gasteiger partial charge in [0.25, 0.3) is 0 Å². The first-order valence-electron chi connectivity index (χ1n) is 4.74. The number of aromatic nitrogens is 1. The minimum Gasteiger partial charge on any atom is -0.329 e. The number of rotatable bonds is 5. The minimum absolute atomic E-state index is 0.192. The molecule has 0 aromatic carbocycles. The summed E-state index contributed by atoms with van der Waals surface area (Å²) in [6.07, 6.45) is 2.92. The molecule has 0 aliphatic carbocycles. The third-order valence-corrected chi connectivity index (χ3v) is 3.48. The van der Waals surface area contributed by atoms with Gasteiger partial charge in [-0.15, -0.1) is 11.3 Å². The summed E-state index contributed by atoms with van der Waals surface area (Å²) in [6, 6.07) is 0. The van der Waals surface area contributed by atoms with E-state index in [9.17, 15) is 4.79 Å². The number of carbonyl (C=O) groups excluding carboxylic acids is 1. The number of nitrogens with zero attached hydrogens (tertiary/aromatic N) is 1. The second kappa shape index (κ2) is 4.66. The van der Waals surface area contributed by atoms with E-state index in [-0.39, 0.29) is 11.2 Å². The second-order valence-electron chi connectivity index (χ2n) is 3.64. The summed E-state index contributed by atoms with van der Waals surface area (Å²) in [7, 11) is 0. The molecule has 1 heterocycles. The zero-order valence-corrected chi connectivity index (χ0v) is 9.43. The average Bonchev–Trinajstić information content (AvgIpc) is 2.69. The molecule has 1 aromatic rings. The fourth-order valence-corrected chi connectivity index (χ4v) is 1.76. The number of Topliss-reactive ketones (excluding diaryl/α,β-unsaturated/α-hetero) is 1. The monoisotopic (exact) mass is 212 g/mol. The highest BCUT2D eigenvalue weighted by atomic mass is 32.1. The van der Waals surface area contributed by atoms with Crippen LogP contribution in [0, 0.1) is 5.41 Å². The van der Waals surface area contributed by atoms with Crippen molar-refractivity contribution in [2.24, 2.45) is 11.1 Å². The van der Waals surface area contributed by atoms with Crippen LogP contribution in [-0.4, -0.2) is 17.3 Å². The molecule has 0 amide bonds.